The zero-order valence-corrected chi connectivity index (χ0v) is 17.0. The molecule has 0 N–H and O–H groups in total. The fourth-order valence-electron chi connectivity index (χ4n) is 1.97. The molecule has 0 aliphatic heterocycles. The molecule has 0 aromatic rings. The van der Waals surface area contributed by atoms with Gasteiger partial charge in [-0.3, -0.25) is 0 Å². The maximum absolute atomic E-state index is 12.7. The van der Waals surface area contributed by atoms with Crippen LogP contribution in [0.4, 0.5) is 9.59 Å². The van der Waals surface area contributed by atoms with E-state index < -0.39 is 35.4 Å². The summed E-state index contributed by atoms with van der Waals surface area (Å²) in [4.78, 5) is 38.5. The average Bonchev–Trinajstić information content (AvgIpc) is 2.39. The van der Waals surface area contributed by atoms with Crippen LogP contribution in [0.25, 0.3) is 0 Å². The molecule has 0 saturated carbocycles. The van der Waals surface area contributed by atoms with Crippen molar-refractivity contribution in [2.75, 3.05) is 6.61 Å². The van der Waals surface area contributed by atoms with Gasteiger partial charge in [0.1, 0.15) is 17.2 Å². The van der Waals surface area contributed by atoms with E-state index in [1.165, 1.54) is 0 Å². The first-order valence-electron chi connectivity index (χ1n) is 8.65. The lowest BCUT2D eigenvalue weighted by atomic mass is 9.98. The molecule has 7 nitrogen and oxygen atoms in total. The van der Waals surface area contributed by atoms with Crippen molar-refractivity contribution in [3.63, 3.8) is 0 Å². The Hall–Kier alpha value is -1.79. The summed E-state index contributed by atoms with van der Waals surface area (Å²) in [5.41, 5.74) is -1.65. The molecule has 146 valence electrons. The number of hydrogen-bond acceptors (Lipinski definition) is 6. The van der Waals surface area contributed by atoms with Crippen LogP contribution in [0.1, 0.15) is 68.7 Å². The predicted octanol–water partition coefficient (Wildman–Crippen LogP) is 4.14. The van der Waals surface area contributed by atoms with Crippen LogP contribution in [0.15, 0.2) is 0 Å². The van der Waals surface area contributed by atoms with E-state index in [1.807, 2.05) is 6.92 Å². The molecular formula is C18H33NO6. The van der Waals surface area contributed by atoms with E-state index in [1.54, 1.807) is 55.4 Å². The van der Waals surface area contributed by atoms with Crippen molar-refractivity contribution >= 4 is 18.2 Å². The third-order valence-corrected chi connectivity index (χ3v) is 3.17. The molecule has 2 amide bonds. The number of rotatable bonds is 5. The van der Waals surface area contributed by atoms with Crippen LogP contribution < -0.4 is 0 Å². The van der Waals surface area contributed by atoms with Gasteiger partial charge in [0.25, 0.3) is 0 Å². The normalized spacial score (nSPS) is 14.3. The van der Waals surface area contributed by atoms with Crippen LogP contribution >= 0.6 is 0 Å². The molecule has 0 aromatic carbocycles. The number of ether oxygens (including phenoxy) is 3. The summed E-state index contributed by atoms with van der Waals surface area (Å²) in [5.74, 6) is -0.979. The molecular weight excluding hydrogens is 326 g/mol. The summed E-state index contributed by atoms with van der Waals surface area (Å²) >= 11 is 0. The van der Waals surface area contributed by atoms with Crippen molar-refractivity contribution in [3.8, 4) is 0 Å². The summed E-state index contributed by atoms with van der Waals surface area (Å²) in [7, 11) is 0. The highest BCUT2D eigenvalue weighted by molar-refractivity contribution is 5.94. The van der Waals surface area contributed by atoms with Gasteiger partial charge in [-0.2, -0.15) is 4.90 Å². The zero-order valence-electron chi connectivity index (χ0n) is 17.0. The highest BCUT2D eigenvalue weighted by Gasteiger charge is 2.43. The van der Waals surface area contributed by atoms with E-state index in [4.69, 9.17) is 14.2 Å². The summed E-state index contributed by atoms with van der Waals surface area (Å²) in [6.07, 6.45) is -1.30. The maximum Gasteiger partial charge on any atom is 0.420 e. The van der Waals surface area contributed by atoms with Gasteiger partial charge in [0, 0.05) is 0 Å². The summed E-state index contributed by atoms with van der Waals surface area (Å²) < 4.78 is 15.7. The average molecular weight is 359 g/mol. The van der Waals surface area contributed by atoms with Crippen molar-refractivity contribution < 1.29 is 28.6 Å². The highest BCUT2D eigenvalue weighted by atomic mass is 16.6. The zero-order chi connectivity index (χ0) is 20.0. The van der Waals surface area contributed by atoms with Crippen LogP contribution in [0.5, 0.6) is 0 Å². The number of carbonyl (C=O) groups is 3. The van der Waals surface area contributed by atoms with Crippen molar-refractivity contribution in [2.45, 2.75) is 86.0 Å². The molecule has 25 heavy (non-hydrogen) atoms. The third-order valence-electron chi connectivity index (χ3n) is 3.17. The molecule has 0 aliphatic carbocycles. The molecule has 0 aliphatic rings. The Kier molecular flexibility index (Phi) is 8.41. The molecule has 2 atom stereocenters. The Balaban J connectivity index is 5.89. The number of esters is 1. The summed E-state index contributed by atoms with van der Waals surface area (Å²) in [5, 5.41) is 0. The summed E-state index contributed by atoms with van der Waals surface area (Å²) in [6, 6.07) is -1.12. The van der Waals surface area contributed by atoms with Crippen LogP contribution in [0, 0.1) is 5.92 Å². The van der Waals surface area contributed by atoms with E-state index in [0.717, 1.165) is 4.90 Å². The Morgan fingerprint density at radius 3 is 1.56 bits per heavy atom. The lowest BCUT2D eigenvalue weighted by Gasteiger charge is -2.34. The van der Waals surface area contributed by atoms with Gasteiger partial charge >= 0.3 is 18.2 Å². The van der Waals surface area contributed by atoms with Gasteiger partial charge in [0.2, 0.25) is 0 Å². The van der Waals surface area contributed by atoms with Gasteiger partial charge < -0.3 is 14.2 Å². The second kappa shape index (κ2) is 9.06. The van der Waals surface area contributed by atoms with Gasteiger partial charge in [-0.25, -0.2) is 14.4 Å². The molecule has 7 heteroatoms. The lowest BCUT2D eigenvalue weighted by molar-refractivity contribution is -0.151. The highest BCUT2D eigenvalue weighted by Crippen LogP contribution is 2.23. The maximum atomic E-state index is 12.7. The molecule has 0 spiro atoms. The second-order valence-corrected chi connectivity index (χ2v) is 7.91. The third kappa shape index (κ3) is 8.23. The number of carbonyl (C=O) groups excluding carboxylic acids is 3. The minimum atomic E-state index is -1.12. The molecule has 0 bridgehead atoms. The van der Waals surface area contributed by atoms with Crippen molar-refractivity contribution in [1.29, 1.82) is 0 Å². The van der Waals surface area contributed by atoms with Crippen molar-refractivity contribution in [2.24, 2.45) is 5.92 Å². The quantitative estimate of drug-likeness (QED) is 0.542. The summed E-state index contributed by atoms with van der Waals surface area (Å²) in [6.45, 7) is 15.5. The van der Waals surface area contributed by atoms with Crippen molar-refractivity contribution in [1.82, 2.24) is 4.90 Å². The van der Waals surface area contributed by atoms with E-state index >= 15 is 0 Å². The first-order valence-corrected chi connectivity index (χ1v) is 8.65. The van der Waals surface area contributed by atoms with E-state index in [-0.39, 0.29) is 12.5 Å². The Morgan fingerprint density at radius 2 is 1.28 bits per heavy atom. The Bertz CT molecular complexity index is 447. The minimum absolute atomic E-state index is 0.141. The minimum Gasteiger partial charge on any atom is -0.464 e. The topological polar surface area (TPSA) is 82.1 Å². The van der Waals surface area contributed by atoms with E-state index in [9.17, 15) is 14.4 Å². The standard InChI is InChI=1S/C18H33NO6/c1-10-12(3)13(14(20)23-11-2)19(15(21)24-17(4,5)6)16(22)25-18(7,8)9/h12-13H,10-11H2,1-9H3/t12-,13+/m1/s1. The molecule has 0 heterocycles. The van der Waals surface area contributed by atoms with Gasteiger partial charge in [-0.05, 0) is 54.4 Å². The van der Waals surface area contributed by atoms with Crippen LogP contribution in [-0.2, 0) is 19.0 Å². The van der Waals surface area contributed by atoms with Crippen LogP contribution in [0.3, 0.4) is 0 Å². The second-order valence-electron chi connectivity index (χ2n) is 7.91. The largest absolute Gasteiger partial charge is 0.464 e. The monoisotopic (exact) mass is 359 g/mol. The molecule has 0 aromatic heterocycles. The smallest absolute Gasteiger partial charge is 0.420 e. The van der Waals surface area contributed by atoms with Crippen LogP contribution in [0.2, 0.25) is 0 Å². The Labute approximate surface area is 151 Å². The SMILES string of the molecule is CCOC(=O)[C@H]([C@H](C)CC)N(C(=O)OC(C)(C)C)C(=O)OC(C)(C)C. The molecule has 0 fully saturated rings. The predicted molar refractivity (Wildman–Crippen MR) is 94.2 cm³/mol. The van der Waals surface area contributed by atoms with Gasteiger partial charge in [-0.15, -0.1) is 0 Å². The first kappa shape index (κ1) is 23.2. The molecule has 0 rings (SSSR count). The molecule has 0 radical (unpaired) electrons. The van der Waals surface area contributed by atoms with Gasteiger partial charge in [0.05, 0.1) is 6.61 Å². The van der Waals surface area contributed by atoms with E-state index in [2.05, 4.69) is 0 Å². The fraction of sp³-hybridized carbons (Fsp3) is 0.833. The number of hydrogen-bond donors (Lipinski definition) is 0. The van der Waals surface area contributed by atoms with Crippen LogP contribution in [-0.4, -0.2) is 46.9 Å². The number of imide groups is 1. The Morgan fingerprint density at radius 1 is 0.880 bits per heavy atom. The van der Waals surface area contributed by atoms with Gasteiger partial charge in [0.15, 0.2) is 0 Å². The number of amides is 2. The fourth-order valence-corrected chi connectivity index (χ4v) is 1.97. The van der Waals surface area contributed by atoms with Crippen molar-refractivity contribution in [3.05, 3.63) is 0 Å². The first-order chi connectivity index (χ1) is 11.2. The van der Waals surface area contributed by atoms with Gasteiger partial charge in [-0.1, -0.05) is 20.3 Å². The van der Waals surface area contributed by atoms with E-state index in [0.29, 0.717) is 6.42 Å². The number of nitrogens with zero attached hydrogens (tertiary/aromatic N) is 1. The molecule has 0 saturated heterocycles. The lowest BCUT2D eigenvalue weighted by Crippen LogP contribution is -2.54. The molecule has 0 unspecified atom stereocenters.